The zero-order valence-electron chi connectivity index (χ0n) is 22.6. The number of rotatable bonds is 7. The molecule has 7 heteroatoms. The first-order valence-corrected chi connectivity index (χ1v) is 14.0. The average molecular weight is 515 g/mol. The van der Waals surface area contributed by atoms with Crippen molar-refractivity contribution in [3.05, 3.63) is 64.7 Å². The second kappa shape index (κ2) is 9.23. The Morgan fingerprint density at radius 3 is 2.37 bits per heavy atom. The summed E-state index contributed by atoms with van der Waals surface area (Å²) in [6.07, 6.45) is 4.61. The maximum Gasteiger partial charge on any atom is 0.255 e. The highest BCUT2D eigenvalue weighted by molar-refractivity contribution is 6.06. The van der Waals surface area contributed by atoms with E-state index in [4.69, 9.17) is 0 Å². The fraction of sp³-hybridized carbons (Fsp3) is 0.516. The molecule has 1 saturated heterocycles. The molecule has 2 bridgehead atoms. The van der Waals surface area contributed by atoms with Crippen molar-refractivity contribution in [2.45, 2.75) is 84.6 Å². The number of carbonyl (C=O) groups is 3. The Kier molecular flexibility index (Phi) is 6.10. The molecule has 3 N–H and O–H groups in total. The van der Waals surface area contributed by atoms with E-state index in [0.29, 0.717) is 41.9 Å². The number of benzene rings is 2. The van der Waals surface area contributed by atoms with Crippen molar-refractivity contribution in [2.24, 2.45) is 16.7 Å². The third-order valence-electron chi connectivity index (χ3n) is 10.4. The number of carbonyl (C=O) groups excluding carboxylic acids is 3. The molecule has 2 aromatic rings. The number of anilines is 1. The molecule has 2 heterocycles. The third-order valence-corrected chi connectivity index (χ3v) is 10.4. The molecule has 2 aliphatic carbocycles. The van der Waals surface area contributed by atoms with Gasteiger partial charge in [0.25, 0.3) is 5.91 Å². The minimum atomic E-state index is -0.602. The van der Waals surface area contributed by atoms with Gasteiger partial charge < -0.3 is 15.5 Å². The lowest BCUT2D eigenvalue weighted by Crippen LogP contribution is -2.52. The molecule has 38 heavy (non-hydrogen) atoms. The number of hydrogen-bond acceptors (Lipinski definition) is 5. The van der Waals surface area contributed by atoms with Crippen molar-refractivity contribution in [2.75, 3.05) is 5.32 Å². The summed E-state index contributed by atoms with van der Waals surface area (Å²) in [4.78, 5) is 38.6. The number of piperidine rings is 1. The number of hydrogen-bond donors (Lipinski definition) is 3. The van der Waals surface area contributed by atoms with Crippen LogP contribution < -0.4 is 16.0 Å². The van der Waals surface area contributed by atoms with Crippen molar-refractivity contribution < 1.29 is 14.4 Å². The van der Waals surface area contributed by atoms with Crippen molar-refractivity contribution in [1.29, 1.82) is 0 Å². The molecule has 4 aliphatic rings. The quantitative estimate of drug-likeness (QED) is 0.478. The van der Waals surface area contributed by atoms with Gasteiger partial charge in [-0.25, -0.2) is 0 Å². The van der Waals surface area contributed by atoms with Gasteiger partial charge >= 0.3 is 0 Å². The smallest absolute Gasteiger partial charge is 0.255 e. The molecule has 4 atom stereocenters. The zero-order valence-corrected chi connectivity index (χ0v) is 22.6. The van der Waals surface area contributed by atoms with E-state index in [9.17, 15) is 14.4 Å². The summed E-state index contributed by atoms with van der Waals surface area (Å²) >= 11 is 0. The highest BCUT2D eigenvalue weighted by Crippen LogP contribution is 2.65. The van der Waals surface area contributed by atoms with Crippen LogP contribution in [0.15, 0.2) is 42.5 Å². The van der Waals surface area contributed by atoms with Crippen LogP contribution in [-0.2, 0) is 29.2 Å². The third kappa shape index (κ3) is 4.03. The predicted molar refractivity (Wildman–Crippen MR) is 146 cm³/mol. The lowest BCUT2D eigenvalue weighted by atomic mass is 9.69. The highest BCUT2D eigenvalue weighted by atomic mass is 16.2. The van der Waals surface area contributed by atoms with Gasteiger partial charge in [0.1, 0.15) is 6.04 Å². The van der Waals surface area contributed by atoms with Gasteiger partial charge in [0.05, 0.1) is 0 Å². The standard InChI is InChI=1S/C31H38N4O3/c1-30(2)21-13-14-31(30,3)26(15-21)33-17-20-9-7-19(8-10-20)16-32-24-6-4-5-22-23(24)18-35(29(22)38)25-11-12-27(36)34-28(25)37/h4-10,21,25-26,32-33H,11-18H2,1-3H3,(H,34,36,37)/t21-,25?,26+,31+/m1/s1. The molecule has 2 saturated carbocycles. The maximum absolute atomic E-state index is 13.1. The van der Waals surface area contributed by atoms with Gasteiger partial charge in [0.15, 0.2) is 0 Å². The van der Waals surface area contributed by atoms with E-state index in [1.54, 1.807) is 4.90 Å². The molecule has 0 radical (unpaired) electrons. The van der Waals surface area contributed by atoms with Crippen LogP contribution >= 0.6 is 0 Å². The van der Waals surface area contributed by atoms with E-state index in [2.05, 4.69) is 61.0 Å². The average Bonchev–Trinajstić information content (AvgIpc) is 3.42. The largest absolute Gasteiger partial charge is 0.381 e. The van der Waals surface area contributed by atoms with E-state index < -0.39 is 6.04 Å². The van der Waals surface area contributed by atoms with Crippen molar-refractivity contribution in [1.82, 2.24) is 15.5 Å². The van der Waals surface area contributed by atoms with Crippen LogP contribution in [0.1, 0.15) is 79.9 Å². The number of fused-ring (bicyclic) bond motifs is 3. The Morgan fingerprint density at radius 2 is 1.71 bits per heavy atom. The summed E-state index contributed by atoms with van der Waals surface area (Å²) in [6.45, 7) is 9.29. The Bertz CT molecular complexity index is 1290. The van der Waals surface area contributed by atoms with Crippen LogP contribution in [0, 0.1) is 16.7 Å². The first-order valence-electron chi connectivity index (χ1n) is 14.0. The monoisotopic (exact) mass is 514 g/mol. The molecule has 6 rings (SSSR count). The molecule has 0 spiro atoms. The summed E-state index contributed by atoms with van der Waals surface area (Å²) in [5.74, 6) is 0.0279. The van der Waals surface area contributed by atoms with E-state index in [1.165, 1.54) is 30.4 Å². The fourth-order valence-electron chi connectivity index (χ4n) is 7.48. The van der Waals surface area contributed by atoms with Gasteiger partial charge in [-0.15, -0.1) is 0 Å². The van der Waals surface area contributed by atoms with Crippen LogP contribution in [0.5, 0.6) is 0 Å². The number of nitrogens with zero attached hydrogens (tertiary/aromatic N) is 1. The van der Waals surface area contributed by atoms with Crippen molar-refractivity contribution in [3.8, 4) is 0 Å². The van der Waals surface area contributed by atoms with E-state index >= 15 is 0 Å². The van der Waals surface area contributed by atoms with Crippen LogP contribution in [0.3, 0.4) is 0 Å². The molecule has 0 aromatic heterocycles. The van der Waals surface area contributed by atoms with Gasteiger partial charge in [-0.05, 0) is 65.7 Å². The Balaban J connectivity index is 1.06. The minimum Gasteiger partial charge on any atom is -0.381 e. The number of imide groups is 1. The van der Waals surface area contributed by atoms with Gasteiger partial charge in [-0.2, -0.15) is 0 Å². The molecule has 1 unspecified atom stereocenters. The van der Waals surface area contributed by atoms with Gasteiger partial charge in [-0.3, -0.25) is 19.7 Å². The maximum atomic E-state index is 13.1. The van der Waals surface area contributed by atoms with Crippen molar-refractivity contribution in [3.63, 3.8) is 0 Å². The van der Waals surface area contributed by atoms with Crippen LogP contribution in [0.4, 0.5) is 5.69 Å². The summed E-state index contributed by atoms with van der Waals surface area (Å²) in [5, 5.41) is 9.74. The summed E-state index contributed by atoms with van der Waals surface area (Å²) in [6, 6.07) is 14.4. The molecule has 7 nitrogen and oxygen atoms in total. The fourth-order valence-corrected chi connectivity index (χ4v) is 7.48. The Labute approximate surface area is 224 Å². The Morgan fingerprint density at radius 1 is 0.974 bits per heavy atom. The predicted octanol–water partition coefficient (Wildman–Crippen LogP) is 4.36. The molecule has 3 fully saturated rings. The van der Waals surface area contributed by atoms with E-state index in [-0.39, 0.29) is 24.1 Å². The van der Waals surface area contributed by atoms with E-state index in [1.807, 2.05) is 18.2 Å². The molecule has 2 aromatic carbocycles. The SMILES string of the molecule is CC1(C)[C@@H]2CC[C@@]1(C)[C@@H](NCc1ccc(CNc3cccc4c3CN(C3CCC(=O)NC3=O)C4=O)cc1)C2. The Hall–Kier alpha value is -3.19. The second-order valence-electron chi connectivity index (χ2n) is 12.4. The molecule has 3 amide bonds. The van der Waals surface area contributed by atoms with E-state index in [0.717, 1.165) is 23.7 Å². The van der Waals surface area contributed by atoms with Crippen LogP contribution in [0.25, 0.3) is 0 Å². The van der Waals surface area contributed by atoms with Crippen LogP contribution in [0.2, 0.25) is 0 Å². The molecular formula is C31H38N4O3. The zero-order chi connectivity index (χ0) is 26.7. The summed E-state index contributed by atoms with van der Waals surface area (Å²) in [7, 11) is 0. The van der Waals surface area contributed by atoms with Gasteiger partial charge in [-0.1, -0.05) is 51.1 Å². The number of nitrogens with one attached hydrogen (secondary N) is 3. The minimum absolute atomic E-state index is 0.150. The second-order valence-corrected chi connectivity index (χ2v) is 12.4. The van der Waals surface area contributed by atoms with Gasteiger partial charge in [0.2, 0.25) is 11.8 Å². The first-order chi connectivity index (χ1) is 18.2. The summed E-state index contributed by atoms with van der Waals surface area (Å²) in [5.41, 5.74) is 5.70. The lowest BCUT2D eigenvalue weighted by molar-refractivity contribution is -0.136. The number of amides is 3. The lowest BCUT2D eigenvalue weighted by Gasteiger charge is -2.39. The van der Waals surface area contributed by atoms with Crippen molar-refractivity contribution >= 4 is 23.4 Å². The molecule has 200 valence electrons. The molecule has 2 aliphatic heterocycles. The molecular weight excluding hydrogens is 476 g/mol. The van der Waals surface area contributed by atoms with Crippen LogP contribution in [-0.4, -0.2) is 34.7 Å². The topological polar surface area (TPSA) is 90.5 Å². The van der Waals surface area contributed by atoms with Gasteiger partial charge in [0, 0.05) is 48.9 Å². The highest BCUT2D eigenvalue weighted by Gasteiger charge is 2.60. The first kappa shape index (κ1) is 25.1. The normalized spacial score (nSPS) is 29.5. The summed E-state index contributed by atoms with van der Waals surface area (Å²) < 4.78 is 0.